The second kappa shape index (κ2) is 5.71. The molecule has 4 heteroatoms. The molecule has 2 N–H and O–H groups in total. The predicted octanol–water partition coefficient (Wildman–Crippen LogP) is 4.23. The van der Waals surface area contributed by atoms with Crippen LogP contribution in [-0.2, 0) is 13.0 Å². The maximum Gasteiger partial charge on any atom is 0.124 e. The molecule has 4 rings (SSSR count). The van der Waals surface area contributed by atoms with Gasteiger partial charge in [-0.15, -0.1) is 0 Å². The fraction of sp³-hybridized carbons (Fsp3) is 0.167. The van der Waals surface area contributed by atoms with E-state index in [9.17, 15) is 0 Å². The van der Waals surface area contributed by atoms with Crippen LogP contribution in [0.4, 0.5) is 0 Å². The van der Waals surface area contributed by atoms with Gasteiger partial charge < -0.3 is 10.3 Å². The van der Waals surface area contributed by atoms with Crippen molar-refractivity contribution >= 4 is 15.9 Å². The Hall–Kier alpha value is -1.91. The second-order valence-corrected chi connectivity index (χ2v) is 6.51. The summed E-state index contributed by atoms with van der Waals surface area (Å²) < 4.78 is 1.08. The van der Waals surface area contributed by atoms with Crippen molar-refractivity contribution in [3.05, 3.63) is 76.2 Å². The van der Waals surface area contributed by atoms with E-state index in [-0.39, 0.29) is 6.04 Å². The second-order valence-electron chi connectivity index (χ2n) is 5.60. The maximum absolute atomic E-state index is 4.58. The lowest BCUT2D eigenvalue weighted by atomic mass is 9.95. The molecule has 0 bridgehead atoms. The number of H-pyrrole nitrogens is 1. The van der Waals surface area contributed by atoms with Crippen molar-refractivity contribution in [2.24, 2.45) is 0 Å². The van der Waals surface area contributed by atoms with Gasteiger partial charge in [0.25, 0.3) is 0 Å². The number of nitrogens with one attached hydrogen (secondary N) is 2. The van der Waals surface area contributed by atoms with Crippen molar-refractivity contribution < 1.29 is 0 Å². The van der Waals surface area contributed by atoms with E-state index in [1.165, 1.54) is 11.1 Å². The predicted molar refractivity (Wildman–Crippen MR) is 91.5 cm³/mol. The SMILES string of the molecule is Brc1ccc(-c2cnc(C3Cc4ccccc4CN3)[nH]2)cc1. The molecule has 0 radical (unpaired) electrons. The Morgan fingerprint density at radius 3 is 2.59 bits per heavy atom. The van der Waals surface area contributed by atoms with Gasteiger partial charge in [-0.2, -0.15) is 0 Å². The molecule has 0 aliphatic carbocycles. The van der Waals surface area contributed by atoms with E-state index >= 15 is 0 Å². The quantitative estimate of drug-likeness (QED) is 0.723. The number of nitrogens with zero attached hydrogens (tertiary/aromatic N) is 1. The summed E-state index contributed by atoms with van der Waals surface area (Å²) in [6.45, 7) is 0.898. The lowest BCUT2D eigenvalue weighted by molar-refractivity contribution is 0.480. The molecule has 1 aromatic heterocycles. The first kappa shape index (κ1) is 13.7. The molecule has 0 saturated carbocycles. The molecule has 2 aromatic carbocycles. The standard InChI is InChI=1S/C18H16BrN3/c19-15-7-5-12(6-8-15)17-11-21-18(22-17)16-9-13-3-1-2-4-14(13)10-20-16/h1-8,11,16,20H,9-10H2,(H,21,22). The van der Waals surface area contributed by atoms with Gasteiger partial charge in [-0.1, -0.05) is 52.3 Å². The van der Waals surface area contributed by atoms with Crippen LogP contribution in [0.3, 0.4) is 0 Å². The van der Waals surface area contributed by atoms with Gasteiger partial charge in [0.05, 0.1) is 17.9 Å². The van der Waals surface area contributed by atoms with E-state index in [1.54, 1.807) is 0 Å². The molecule has 3 aromatic rings. The van der Waals surface area contributed by atoms with Crippen LogP contribution in [0.15, 0.2) is 59.2 Å². The van der Waals surface area contributed by atoms with Crippen LogP contribution >= 0.6 is 15.9 Å². The number of halogens is 1. The van der Waals surface area contributed by atoms with Crippen molar-refractivity contribution in [2.75, 3.05) is 0 Å². The first-order valence-electron chi connectivity index (χ1n) is 7.40. The Bertz CT molecular complexity index is 792. The van der Waals surface area contributed by atoms with E-state index in [0.717, 1.165) is 34.5 Å². The highest BCUT2D eigenvalue weighted by Gasteiger charge is 2.21. The van der Waals surface area contributed by atoms with Crippen LogP contribution in [-0.4, -0.2) is 9.97 Å². The first-order chi connectivity index (χ1) is 10.8. The zero-order valence-electron chi connectivity index (χ0n) is 12.0. The fourth-order valence-electron chi connectivity index (χ4n) is 2.94. The van der Waals surface area contributed by atoms with Gasteiger partial charge in [-0.3, -0.25) is 0 Å². The maximum atomic E-state index is 4.58. The number of rotatable bonds is 2. The molecule has 1 aliphatic rings. The first-order valence-corrected chi connectivity index (χ1v) is 8.20. The minimum Gasteiger partial charge on any atom is -0.341 e. The van der Waals surface area contributed by atoms with Crippen LogP contribution in [0.2, 0.25) is 0 Å². The highest BCUT2D eigenvalue weighted by Crippen LogP contribution is 2.26. The van der Waals surface area contributed by atoms with E-state index in [1.807, 2.05) is 18.3 Å². The fourth-order valence-corrected chi connectivity index (χ4v) is 3.20. The molecule has 1 unspecified atom stereocenters. The zero-order valence-corrected chi connectivity index (χ0v) is 13.6. The smallest absolute Gasteiger partial charge is 0.124 e. The monoisotopic (exact) mass is 353 g/mol. The zero-order chi connectivity index (χ0) is 14.9. The van der Waals surface area contributed by atoms with Crippen molar-refractivity contribution in [2.45, 2.75) is 19.0 Å². The molecule has 0 amide bonds. The Kier molecular flexibility index (Phi) is 3.56. The largest absolute Gasteiger partial charge is 0.341 e. The average Bonchev–Trinajstić information content (AvgIpc) is 3.05. The summed E-state index contributed by atoms with van der Waals surface area (Å²) in [7, 11) is 0. The minimum absolute atomic E-state index is 0.249. The molecule has 2 heterocycles. The molecule has 22 heavy (non-hydrogen) atoms. The molecule has 0 fully saturated rings. The normalized spacial score (nSPS) is 17.2. The summed E-state index contributed by atoms with van der Waals surface area (Å²) in [4.78, 5) is 8.04. The summed E-state index contributed by atoms with van der Waals surface area (Å²) in [5.41, 5.74) is 5.01. The molecular formula is C18H16BrN3. The molecule has 0 spiro atoms. The third-order valence-corrected chi connectivity index (χ3v) is 4.69. The Labute approximate surface area is 137 Å². The van der Waals surface area contributed by atoms with Gasteiger partial charge in [0, 0.05) is 11.0 Å². The summed E-state index contributed by atoms with van der Waals surface area (Å²) >= 11 is 3.47. The van der Waals surface area contributed by atoms with Gasteiger partial charge in [-0.25, -0.2) is 4.98 Å². The topological polar surface area (TPSA) is 40.7 Å². The van der Waals surface area contributed by atoms with E-state index in [2.05, 4.69) is 67.6 Å². The summed E-state index contributed by atoms with van der Waals surface area (Å²) in [6, 6.07) is 17.1. The molecule has 0 saturated heterocycles. The van der Waals surface area contributed by atoms with Crippen molar-refractivity contribution in [1.29, 1.82) is 0 Å². The number of hydrogen-bond acceptors (Lipinski definition) is 2. The molecule has 3 nitrogen and oxygen atoms in total. The Morgan fingerprint density at radius 1 is 1.00 bits per heavy atom. The third kappa shape index (κ3) is 2.60. The van der Waals surface area contributed by atoms with Gasteiger partial charge in [0.2, 0.25) is 0 Å². The molecule has 110 valence electrons. The molecular weight excluding hydrogens is 338 g/mol. The lowest BCUT2D eigenvalue weighted by Crippen LogP contribution is -2.29. The summed E-state index contributed by atoms with van der Waals surface area (Å²) in [5.74, 6) is 1.01. The van der Waals surface area contributed by atoms with Gasteiger partial charge >= 0.3 is 0 Å². The Morgan fingerprint density at radius 2 is 1.77 bits per heavy atom. The summed E-state index contributed by atoms with van der Waals surface area (Å²) in [6.07, 6.45) is 2.89. The van der Waals surface area contributed by atoms with Crippen LogP contribution in [0.5, 0.6) is 0 Å². The van der Waals surface area contributed by atoms with E-state index < -0.39 is 0 Å². The Balaban J connectivity index is 1.59. The number of benzene rings is 2. The highest BCUT2D eigenvalue weighted by atomic mass is 79.9. The van der Waals surface area contributed by atoms with Crippen LogP contribution in [0, 0.1) is 0 Å². The minimum atomic E-state index is 0.249. The van der Waals surface area contributed by atoms with Crippen molar-refractivity contribution in [3.8, 4) is 11.3 Å². The van der Waals surface area contributed by atoms with E-state index in [0.29, 0.717) is 0 Å². The van der Waals surface area contributed by atoms with E-state index in [4.69, 9.17) is 0 Å². The van der Waals surface area contributed by atoms with Gasteiger partial charge in [0.15, 0.2) is 0 Å². The van der Waals surface area contributed by atoms with Gasteiger partial charge in [-0.05, 0) is 35.2 Å². The average molecular weight is 354 g/mol. The number of aromatic amines is 1. The van der Waals surface area contributed by atoms with Crippen LogP contribution in [0.25, 0.3) is 11.3 Å². The molecule has 1 atom stereocenters. The number of aromatic nitrogens is 2. The number of imidazole rings is 1. The van der Waals surface area contributed by atoms with Gasteiger partial charge in [0.1, 0.15) is 5.82 Å². The number of fused-ring (bicyclic) bond motifs is 1. The third-order valence-electron chi connectivity index (χ3n) is 4.16. The van der Waals surface area contributed by atoms with Crippen molar-refractivity contribution in [3.63, 3.8) is 0 Å². The van der Waals surface area contributed by atoms with Crippen LogP contribution < -0.4 is 5.32 Å². The number of hydrogen-bond donors (Lipinski definition) is 2. The van der Waals surface area contributed by atoms with Crippen molar-refractivity contribution in [1.82, 2.24) is 15.3 Å². The summed E-state index contributed by atoms with van der Waals surface area (Å²) in [5, 5.41) is 3.56. The molecule has 1 aliphatic heterocycles. The lowest BCUT2D eigenvalue weighted by Gasteiger charge is -2.24. The highest BCUT2D eigenvalue weighted by molar-refractivity contribution is 9.10. The van der Waals surface area contributed by atoms with Crippen LogP contribution in [0.1, 0.15) is 23.0 Å².